The molecule has 0 unspecified atom stereocenters. The molecule has 0 N–H and O–H groups in total. The summed E-state index contributed by atoms with van der Waals surface area (Å²) in [5.74, 6) is 0.511. The van der Waals surface area contributed by atoms with Gasteiger partial charge in [-0.05, 0) is 59.8 Å². The minimum absolute atomic E-state index is 0.173. The van der Waals surface area contributed by atoms with Crippen molar-refractivity contribution in [2.75, 3.05) is 26.1 Å². The minimum Gasteiger partial charge on any atom is -0.493 e. The highest BCUT2D eigenvalue weighted by atomic mass is 32.2. The van der Waals surface area contributed by atoms with Crippen LogP contribution in [0, 0.1) is 0 Å². The van der Waals surface area contributed by atoms with Gasteiger partial charge in [0.2, 0.25) is 0 Å². The predicted octanol–water partition coefficient (Wildman–Crippen LogP) is 5.56. The highest BCUT2D eigenvalue weighted by Crippen LogP contribution is 2.38. The molecule has 0 spiro atoms. The number of aliphatic imine (C=N–C) groups is 1. The van der Waals surface area contributed by atoms with Gasteiger partial charge in [0.05, 0.1) is 23.4 Å². The second-order valence-electron chi connectivity index (χ2n) is 7.49. The summed E-state index contributed by atoms with van der Waals surface area (Å²) in [5, 5.41) is 0.567. The van der Waals surface area contributed by atoms with Gasteiger partial charge in [-0.25, -0.2) is 9.79 Å². The lowest BCUT2D eigenvalue weighted by molar-refractivity contribution is -0.113. The van der Waals surface area contributed by atoms with E-state index in [0.29, 0.717) is 21.6 Å². The minimum atomic E-state index is -0.508. The van der Waals surface area contributed by atoms with Crippen molar-refractivity contribution < 1.29 is 19.1 Å². The second-order valence-corrected chi connectivity index (χ2v) is 8.50. The maximum absolute atomic E-state index is 13.4. The van der Waals surface area contributed by atoms with Gasteiger partial charge in [0.15, 0.2) is 16.7 Å². The fraction of sp³-hybridized carbons (Fsp3) is 0.115. The number of carbonyl (C=O) groups excluding carboxylic acids is 2. The third-order valence-corrected chi connectivity index (χ3v) is 5.82. The van der Waals surface area contributed by atoms with Crippen LogP contribution < -0.4 is 14.4 Å². The summed E-state index contributed by atoms with van der Waals surface area (Å²) in [6.45, 7) is 0. The molecule has 0 aromatic heterocycles. The molecule has 1 aliphatic heterocycles. The maximum atomic E-state index is 13.4. The normalized spacial score (nSPS) is 15.6. The molecule has 1 aliphatic rings. The van der Waals surface area contributed by atoms with Gasteiger partial charge in [0.1, 0.15) is 0 Å². The molecule has 4 rings (SSSR count). The Morgan fingerprint density at radius 3 is 2.29 bits per heavy atom. The largest absolute Gasteiger partial charge is 0.493 e. The van der Waals surface area contributed by atoms with E-state index in [0.717, 1.165) is 16.9 Å². The number of hydrogen-bond acceptors (Lipinski definition) is 6. The molecule has 34 heavy (non-hydrogen) atoms. The molecule has 3 aromatic rings. The molecule has 0 atom stereocenters. The first-order chi connectivity index (χ1) is 16.5. The highest BCUT2D eigenvalue weighted by molar-refractivity contribution is 8.19. The van der Waals surface area contributed by atoms with E-state index in [1.54, 1.807) is 43.3 Å². The van der Waals surface area contributed by atoms with Crippen LogP contribution in [-0.4, -0.2) is 43.3 Å². The Morgan fingerprint density at radius 2 is 1.65 bits per heavy atom. The van der Waals surface area contributed by atoms with Crippen molar-refractivity contribution in [2.45, 2.75) is 0 Å². The van der Waals surface area contributed by atoms with Crippen LogP contribution in [0.2, 0.25) is 0 Å². The lowest BCUT2D eigenvalue weighted by atomic mass is 10.2. The first kappa shape index (κ1) is 23.1. The van der Waals surface area contributed by atoms with Crippen molar-refractivity contribution >= 4 is 46.4 Å². The molecular formula is C26H23N3O4S. The Labute approximate surface area is 202 Å². The SMILES string of the molecule is COc1cc(/C=C2/SC(=Nc3ccccc3)N(c3ccccc3)C2=O)ccc1OC(=O)N(C)C. The average molecular weight is 474 g/mol. The Hall–Kier alpha value is -4.04. The van der Waals surface area contributed by atoms with E-state index in [-0.39, 0.29) is 5.91 Å². The van der Waals surface area contributed by atoms with Crippen LogP contribution >= 0.6 is 11.8 Å². The van der Waals surface area contributed by atoms with Crippen LogP contribution in [0.1, 0.15) is 5.56 Å². The number of methoxy groups -OCH3 is 1. The van der Waals surface area contributed by atoms with E-state index in [4.69, 9.17) is 14.5 Å². The smallest absolute Gasteiger partial charge is 0.414 e. The van der Waals surface area contributed by atoms with Gasteiger partial charge in [-0.2, -0.15) is 0 Å². The van der Waals surface area contributed by atoms with Crippen molar-refractivity contribution in [3.05, 3.63) is 89.3 Å². The van der Waals surface area contributed by atoms with Crippen LogP contribution in [0.15, 0.2) is 88.8 Å². The van der Waals surface area contributed by atoms with E-state index in [9.17, 15) is 9.59 Å². The Balaban J connectivity index is 1.69. The zero-order chi connectivity index (χ0) is 24.1. The predicted molar refractivity (Wildman–Crippen MR) is 136 cm³/mol. The molecule has 172 valence electrons. The number of thioether (sulfide) groups is 1. The quantitative estimate of drug-likeness (QED) is 0.454. The van der Waals surface area contributed by atoms with Crippen LogP contribution in [0.3, 0.4) is 0 Å². The molecule has 0 radical (unpaired) electrons. The molecule has 3 aromatic carbocycles. The van der Waals surface area contributed by atoms with Gasteiger partial charge in [0, 0.05) is 14.1 Å². The van der Waals surface area contributed by atoms with Crippen molar-refractivity contribution in [1.82, 2.24) is 4.90 Å². The summed E-state index contributed by atoms with van der Waals surface area (Å²) in [7, 11) is 4.70. The summed E-state index contributed by atoms with van der Waals surface area (Å²) in [6.07, 6.45) is 1.27. The number of para-hydroxylation sites is 2. The molecular weight excluding hydrogens is 450 g/mol. The molecule has 7 nitrogen and oxygen atoms in total. The first-order valence-corrected chi connectivity index (χ1v) is 11.3. The third-order valence-electron chi connectivity index (χ3n) is 4.85. The van der Waals surface area contributed by atoms with Gasteiger partial charge in [-0.1, -0.05) is 42.5 Å². The van der Waals surface area contributed by atoms with Gasteiger partial charge in [-0.3, -0.25) is 9.69 Å². The topological polar surface area (TPSA) is 71.4 Å². The standard InChI is InChI=1S/C26H23N3O4S/c1-28(2)26(31)33-21-15-14-18(16-22(21)32-3)17-23-24(30)29(20-12-8-5-9-13-20)25(34-23)27-19-10-6-4-7-11-19/h4-17H,1-3H3/b23-17+,27-25?. The number of carbonyl (C=O) groups is 2. The average Bonchev–Trinajstić information content (AvgIpc) is 3.15. The van der Waals surface area contributed by atoms with Gasteiger partial charge >= 0.3 is 6.09 Å². The van der Waals surface area contributed by atoms with E-state index in [1.807, 2.05) is 60.7 Å². The Morgan fingerprint density at radius 1 is 0.971 bits per heavy atom. The Bertz CT molecular complexity index is 1260. The van der Waals surface area contributed by atoms with Crippen molar-refractivity contribution in [3.8, 4) is 11.5 Å². The van der Waals surface area contributed by atoms with E-state index in [1.165, 1.54) is 23.8 Å². The number of ether oxygens (including phenoxy) is 2. The summed E-state index contributed by atoms with van der Waals surface area (Å²) in [4.78, 5) is 33.5. The number of benzene rings is 3. The molecule has 1 heterocycles. The van der Waals surface area contributed by atoms with Crippen molar-refractivity contribution in [3.63, 3.8) is 0 Å². The van der Waals surface area contributed by atoms with Gasteiger partial charge in [0.25, 0.3) is 5.91 Å². The summed E-state index contributed by atoms with van der Waals surface area (Å²) >= 11 is 1.30. The van der Waals surface area contributed by atoms with Crippen LogP contribution in [-0.2, 0) is 4.79 Å². The lowest BCUT2D eigenvalue weighted by Crippen LogP contribution is -2.28. The molecule has 1 saturated heterocycles. The number of anilines is 1. The molecule has 2 amide bonds. The third kappa shape index (κ3) is 5.13. The number of nitrogens with zero attached hydrogens (tertiary/aromatic N) is 3. The first-order valence-electron chi connectivity index (χ1n) is 10.5. The Kier molecular flexibility index (Phi) is 6.98. The molecule has 0 aliphatic carbocycles. The van der Waals surface area contributed by atoms with Gasteiger partial charge in [-0.15, -0.1) is 0 Å². The van der Waals surface area contributed by atoms with Crippen molar-refractivity contribution in [2.24, 2.45) is 4.99 Å². The number of amides is 2. The molecule has 0 bridgehead atoms. The molecule has 8 heteroatoms. The zero-order valence-electron chi connectivity index (χ0n) is 19.0. The van der Waals surface area contributed by atoms with Crippen LogP contribution in [0.5, 0.6) is 11.5 Å². The number of hydrogen-bond donors (Lipinski definition) is 0. The highest BCUT2D eigenvalue weighted by Gasteiger charge is 2.34. The van der Waals surface area contributed by atoms with E-state index >= 15 is 0 Å². The summed E-state index contributed by atoms with van der Waals surface area (Å²) in [5.41, 5.74) is 2.22. The van der Waals surface area contributed by atoms with E-state index < -0.39 is 6.09 Å². The molecule has 0 saturated carbocycles. The molecule has 1 fully saturated rings. The van der Waals surface area contributed by atoms with Crippen LogP contribution in [0.25, 0.3) is 6.08 Å². The fourth-order valence-corrected chi connectivity index (χ4v) is 4.16. The van der Waals surface area contributed by atoms with Crippen molar-refractivity contribution in [1.29, 1.82) is 0 Å². The van der Waals surface area contributed by atoms with E-state index in [2.05, 4.69) is 0 Å². The summed E-state index contributed by atoms with van der Waals surface area (Å²) in [6, 6.07) is 24.1. The lowest BCUT2D eigenvalue weighted by Gasteiger charge is -2.15. The van der Waals surface area contributed by atoms with Crippen LogP contribution in [0.4, 0.5) is 16.2 Å². The number of amidine groups is 1. The second kappa shape index (κ2) is 10.3. The maximum Gasteiger partial charge on any atom is 0.414 e. The number of rotatable bonds is 5. The summed E-state index contributed by atoms with van der Waals surface area (Å²) < 4.78 is 10.7. The zero-order valence-corrected chi connectivity index (χ0v) is 19.8. The fourth-order valence-electron chi connectivity index (χ4n) is 3.16. The van der Waals surface area contributed by atoms with Gasteiger partial charge < -0.3 is 14.4 Å². The monoisotopic (exact) mass is 473 g/mol.